The summed E-state index contributed by atoms with van der Waals surface area (Å²) in [4.78, 5) is 23.7. The molecule has 0 aliphatic rings. The molecule has 0 radical (unpaired) electrons. The summed E-state index contributed by atoms with van der Waals surface area (Å²) in [5.41, 5.74) is 0.0664. The first-order valence-electron chi connectivity index (χ1n) is 12.8. The fourth-order valence-corrected chi connectivity index (χ4v) is 9.30. The van der Waals surface area contributed by atoms with Crippen molar-refractivity contribution >= 4 is 30.5 Å². The van der Waals surface area contributed by atoms with Gasteiger partial charge in [-0.2, -0.15) is 0 Å². The topological polar surface area (TPSA) is 90.7 Å². The van der Waals surface area contributed by atoms with Crippen LogP contribution in [0.2, 0.25) is 5.04 Å². The lowest BCUT2D eigenvalue weighted by molar-refractivity contribution is -0.384. The van der Waals surface area contributed by atoms with Crippen molar-refractivity contribution in [2.75, 3.05) is 6.61 Å². The largest absolute Gasteiger partial charge is 0.444 e. The van der Waals surface area contributed by atoms with Crippen molar-refractivity contribution in [3.63, 3.8) is 0 Å². The average molecular weight is 535 g/mol. The van der Waals surface area contributed by atoms with Gasteiger partial charge >= 0.3 is 6.09 Å². The van der Waals surface area contributed by atoms with E-state index >= 15 is 0 Å². The van der Waals surface area contributed by atoms with Crippen molar-refractivity contribution in [1.29, 1.82) is 0 Å². The third-order valence-electron chi connectivity index (χ3n) is 6.24. The number of carbonyl (C=O) groups excluding carboxylic acids is 1. The molecule has 1 atom stereocenters. The summed E-state index contributed by atoms with van der Waals surface area (Å²) in [6, 6.07) is 26.5. The molecule has 3 aromatic carbocycles. The summed E-state index contributed by atoms with van der Waals surface area (Å²) in [6.45, 7) is 12.2. The van der Waals surface area contributed by atoms with Gasteiger partial charge < -0.3 is 14.5 Å². The highest BCUT2D eigenvalue weighted by atomic mass is 28.4. The summed E-state index contributed by atoms with van der Waals surface area (Å²) >= 11 is 0. The summed E-state index contributed by atoms with van der Waals surface area (Å²) in [6.07, 6.45) is -0.210. The molecule has 7 nitrogen and oxygen atoms in total. The van der Waals surface area contributed by atoms with Crippen molar-refractivity contribution in [3.8, 4) is 0 Å². The maximum Gasteiger partial charge on any atom is 0.407 e. The fourth-order valence-electron chi connectivity index (χ4n) is 4.69. The standard InChI is InChI=1S/C30H38N2O5Si/c1-29(2,3)37-28(33)31-24(20-23-14-13-15-25(21-23)32(34)35)22-36-38(30(4,5)6,26-16-9-7-10-17-26)27-18-11-8-12-19-27/h7-19,21,24H,20,22H2,1-6H3,(H,31,33)/t24-/m0/s1. The van der Waals surface area contributed by atoms with Gasteiger partial charge in [-0.1, -0.05) is 93.6 Å². The van der Waals surface area contributed by atoms with Gasteiger partial charge in [-0.25, -0.2) is 4.79 Å². The molecular weight excluding hydrogens is 496 g/mol. The minimum absolute atomic E-state index is 0.00595. The van der Waals surface area contributed by atoms with Crippen LogP contribution in [-0.4, -0.2) is 37.6 Å². The Morgan fingerprint density at radius 1 is 0.895 bits per heavy atom. The SMILES string of the molecule is CC(C)(C)OC(=O)N[C@H](CO[Si](c1ccccc1)(c1ccccc1)C(C)(C)C)Cc1cccc([N+](=O)[O-])c1. The fraction of sp³-hybridized carbons (Fsp3) is 0.367. The first kappa shape index (κ1) is 29.1. The van der Waals surface area contributed by atoms with E-state index in [4.69, 9.17) is 9.16 Å². The monoisotopic (exact) mass is 534 g/mol. The Morgan fingerprint density at radius 2 is 1.45 bits per heavy atom. The normalized spacial score (nSPS) is 13.0. The van der Waals surface area contributed by atoms with E-state index in [2.05, 4.69) is 50.4 Å². The van der Waals surface area contributed by atoms with Crippen molar-refractivity contribution in [2.45, 2.75) is 64.6 Å². The van der Waals surface area contributed by atoms with Gasteiger partial charge in [0.2, 0.25) is 0 Å². The summed E-state index contributed by atoms with van der Waals surface area (Å²) in [5.74, 6) is 0. The molecule has 0 aliphatic carbocycles. The number of hydrogen-bond acceptors (Lipinski definition) is 5. The average Bonchev–Trinajstić information content (AvgIpc) is 2.84. The number of non-ortho nitro benzene ring substituents is 1. The Kier molecular flexibility index (Phi) is 9.12. The van der Waals surface area contributed by atoms with E-state index in [0.717, 1.165) is 15.9 Å². The predicted molar refractivity (Wildman–Crippen MR) is 154 cm³/mol. The lowest BCUT2D eigenvalue weighted by atomic mass is 10.1. The number of nitro benzene ring substituents is 1. The Balaban J connectivity index is 2.01. The van der Waals surface area contributed by atoms with Crippen LogP contribution in [0.3, 0.4) is 0 Å². The second kappa shape index (κ2) is 11.9. The Hall–Kier alpha value is -3.49. The maximum atomic E-state index is 12.8. The molecule has 0 unspecified atom stereocenters. The molecular formula is C30H38N2O5Si. The number of nitro groups is 1. The lowest BCUT2D eigenvalue weighted by Crippen LogP contribution is -2.67. The van der Waals surface area contributed by atoms with Crippen LogP contribution in [0.15, 0.2) is 84.9 Å². The van der Waals surface area contributed by atoms with Crippen LogP contribution < -0.4 is 15.7 Å². The molecule has 0 heterocycles. The highest BCUT2D eigenvalue weighted by Gasteiger charge is 2.50. The van der Waals surface area contributed by atoms with Crippen molar-refractivity contribution in [2.24, 2.45) is 0 Å². The number of rotatable bonds is 9. The van der Waals surface area contributed by atoms with E-state index in [9.17, 15) is 14.9 Å². The van der Waals surface area contributed by atoms with E-state index in [0.29, 0.717) is 6.42 Å². The molecule has 0 aromatic heterocycles. The molecule has 1 amide bonds. The van der Waals surface area contributed by atoms with Crippen LogP contribution in [0.25, 0.3) is 0 Å². The lowest BCUT2D eigenvalue weighted by Gasteiger charge is -2.43. The van der Waals surface area contributed by atoms with Gasteiger partial charge in [-0.15, -0.1) is 0 Å². The number of amides is 1. The highest BCUT2D eigenvalue weighted by Crippen LogP contribution is 2.37. The minimum Gasteiger partial charge on any atom is -0.444 e. The summed E-state index contributed by atoms with van der Waals surface area (Å²) in [5, 5.41) is 16.3. The van der Waals surface area contributed by atoms with E-state index in [1.54, 1.807) is 26.8 Å². The van der Waals surface area contributed by atoms with E-state index < -0.39 is 31.0 Å². The molecule has 3 rings (SSSR count). The second-order valence-electron chi connectivity index (χ2n) is 11.4. The first-order valence-corrected chi connectivity index (χ1v) is 14.7. The molecule has 1 N–H and O–H groups in total. The van der Waals surface area contributed by atoms with E-state index in [1.807, 2.05) is 42.5 Å². The molecule has 0 saturated carbocycles. The van der Waals surface area contributed by atoms with Crippen LogP contribution in [0.1, 0.15) is 47.1 Å². The first-order chi connectivity index (χ1) is 17.8. The molecule has 3 aromatic rings. The molecule has 0 spiro atoms. The van der Waals surface area contributed by atoms with Gasteiger partial charge in [0.25, 0.3) is 14.0 Å². The molecule has 0 aliphatic heterocycles. The van der Waals surface area contributed by atoms with Crippen molar-refractivity contribution in [1.82, 2.24) is 5.32 Å². The molecule has 0 saturated heterocycles. The van der Waals surface area contributed by atoms with E-state index in [-0.39, 0.29) is 17.3 Å². The minimum atomic E-state index is -2.86. The summed E-state index contributed by atoms with van der Waals surface area (Å²) in [7, 11) is -2.86. The number of ether oxygens (including phenoxy) is 1. The molecule has 0 fully saturated rings. The maximum absolute atomic E-state index is 12.8. The molecule has 38 heavy (non-hydrogen) atoms. The third-order valence-corrected chi connectivity index (χ3v) is 11.2. The number of benzene rings is 3. The van der Waals surface area contributed by atoms with Crippen molar-refractivity contribution < 1.29 is 18.9 Å². The van der Waals surface area contributed by atoms with Crippen LogP contribution in [0, 0.1) is 10.1 Å². The Morgan fingerprint density at radius 3 is 1.92 bits per heavy atom. The Bertz CT molecular complexity index is 1180. The smallest absolute Gasteiger partial charge is 0.407 e. The zero-order chi connectivity index (χ0) is 28.0. The number of carbonyl (C=O) groups is 1. The highest BCUT2D eigenvalue weighted by molar-refractivity contribution is 6.99. The van der Waals surface area contributed by atoms with Crippen LogP contribution in [-0.2, 0) is 15.6 Å². The van der Waals surface area contributed by atoms with Gasteiger partial charge in [0, 0.05) is 12.1 Å². The number of nitrogens with one attached hydrogen (secondary N) is 1. The number of hydrogen-bond donors (Lipinski definition) is 1. The zero-order valence-electron chi connectivity index (χ0n) is 23.1. The van der Waals surface area contributed by atoms with Crippen molar-refractivity contribution in [3.05, 3.63) is 101 Å². The second-order valence-corrected chi connectivity index (χ2v) is 15.8. The Labute approximate surface area is 226 Å². The van der Waals surface area contributed by atoms with Gasteiger partial charge in [-0.3, -0.25) is 10.1 Å². The number of nitrogens with zero attached hydrogens (tertiary/aromatic N) is 1. The predicted octanol–water partition coefficient (Wildman–Crippen LogP) is 5.61. The molecule has 0 bridgehead atoms. The van der Waals surface area contributed by atoms with Crippen LogP contribution in [0.4, 0.5) is 10.5 Å². The quantitative estimate of drug-likeness (QED) is 0.219. The van der Waals surface area contributed by atoms with Gasteiger partial charge in [0.05, 0.1) is 17.6 Å². The van der Waals surface area contributed by atoms with Gasteiger partial charge in [0.15, 0.2) is 0 Å². The van der Waals surface area contributed by atoms with Gasteiger partial charge in [0.1, 0.15) is 5.60 Å². The molecule has 8 heteroatoms. The third kappa shape index (κ3) is 7.30. The van der Waals surface area contributed by atoms with Gasteiger partial charge in [-0.05, 0) is 48.2 Å². The van der Waals surface area contributed by atoms with Crippen LogP contribution in [0.5, 0.6) is 0 Å². The number of alkyl carbamates (subject to hydrolysis) is 1. The van der Waals surface area contributed by atoms with E-state index in [1.165, 1.54) is 12.1 Å². The molecule has 202 valence electrons. The van der Waals surface area contributed by atoms with Crippen LogP contribution >= 0.6 is 0 Å². The summed E-state index contributed by atoms with van der Waals surface area (Å²) < 4.78 is 12.6. The zero-order valence-corrected chi connectivity index (χ0v) is 24.1.